The van der Waals surface area contributed by atoms with Crippen LogP contribution >= 0.6 is 0 Å². The Morgan fingerprint density at radius 1 is 1.83 bits per heavy atom. The fraction of sp³-hybridized carbons (Fsp3) is 0. The molecule has 0 aromatic rings. The summed E-state index contributed by atoms with van der Waals surface area (Å²) in [6, 6.07) is 0. The molecule has 0 saturated carbocycles. The molecular formula is C3H2FKO. The molecule has 0 aromatic carbocycles. The van der Waals surface area contributed by atoms with Crippen LogP contribution in [-0.2, 0) is 4.79 Å². The Hall–Kier alpha value is 0.976. The van der Waals surface area contributed by atoms with Gasteiger partial charge in [-0.3, -0.25) is 0 Å². The summed E-state index contributed by atoms with van der Waals surface area (Å²) in [7, 11) is 0. The Kier molecular flexibility index (Phi) is 10.0. The van der Waals surface area contributed by atoms with Crippen LogP contribution < -0.4 is 51.4 Å². The molecule has 6 heavy (non-hydrogen) atoms. The van der Waals surface area contributed by atoms with Crippen LogP contribution in [0.2, 0.25) is 0 Å². The van der Waals surface area contributed by atoms with Gasteiger partial charge in [-0.1, -0.05) is 0 Å². The van der Waals surface area contributed by atoms with Crippen LogP contribution in [0.3, 0.4) is 0 Å². The minimum atomic E-state index is -1.05. The van der Waals surface area contributed by atoms with E-state index in [4.69, 9.17) is 4.79 Å². The molecular weight excluding hydrogens is 110 g/mol. The molecule has 0 rings (SSSR count). The van der Waals surface area contributed by atoms with Crippen molar-refractivity contribution in [2.24, 2.45) is 0 Å². The largest absolute Gasteiger partial charge is 1.00 e. The zero-order chi connectivity index (χ0) is 4.28. The van der Waals surface area contributed by atoms with E-state index in [0.717, 1.165) is 6.29 Å². The summed E-state index contributed by atoms with van der Waals surface area (Å²) in [5, 5.41) is 0. The third kappa shape index (κ3) is 8.88. The van der Waals surface area contributed by atoms with E-state index in [1.165, 1.54) is 0 Å². The van der Waals surface area contributed by atoms with Crippen molar-refractivity contribution in [2.75, 3.05) is 0 Å². The van der Waals surface area contributed by atoms with Gasteiger partial charge in [0, 0.05) is 6.29 Å². The fourth-order valence-electron chi connectivity index (χ4n) is 0. The van der Waals surface area contributed by atoms with Gasteiger partial charge >= 0.3 is 51.4 Å². The minimum absolute atomic E-state index is 0. The molecule has 1 nitrogen and oxygen atoms in total. The first kappa shape index (κ1) is 10.1. The number of allylic oxidation sites excluding steroid dienone is 1. The molecule has 0 aliphatic carbocycles. The third-order valence-corrected chi connectivity index (χ3v) is 0.111. The van der Waals surface area contributed by atoms with Crippen molar-refractivity contribution in [3.8, 4) is 0 Å². The molecule has 0 aliphatic heterocycles. The molecule has 0 atom stereocenters. The van der Waals surface area contributed by atoms with Crippen molar-refractivity contribution in [2.45, 2.75) is 0 Å². The maximum Gasteiger partial charge on any atom is 1.00 e. The molecule has 0 amide bonds. The van der Waals surface area contributed by atoms with Crippen LogP contribution in [0, 0.1) is 0 Å². The quantitative estimate of drug-likeness (QED) is 0.210. The predicted molar refractivity (Wildman–Crippen MR) is 15.9 cm³/mol. The molecule has 0 bridgehead atoms. The molecule has 0 fully saturated rings. The minimum Gasteiger partial charge on any atom is -0.416 e. The van der Waals surface area contributed by atoms with E-state index in [-0.39, 0.29) is 51.4 Å². The summed E-state index contributed by atoms with van der Waals surface area (Å²) in [6.45, 7) is 2.58. The van der Waals surface area contributed by atoms with Gasteiger partial charge in [-0.25, -0.2) is 11.0 Å². The predicted octanol–water partition coefficient (Wildman–Crippen LogP) is -2.42. The maximum atomic E-state index is 10.8. The van der Waals surface area contributed by atoms with Gasteiger partial charge < -0.3 is 4.79 Å². The van der Waals surface area contributed by atoms with Gasteiger partial charge in [-0.2, -0.15) is 0 Å². The van der Waals surface area contributed by atoms with Crippen LogP contribution in [-0.4, -0.2) is 6.29 Å². The van der Waals surface area contributed by atoms with Gasteiger partial charge in [0.1, 0.15) is 0 Å². The Morgan fingerprint density at radius 3 is 2.00 bits per heavy atom. The van der Waals surface area contributed by atoms with E-state index in [1.54, 1.807) is 0 Å². The van der Waals surface area contributed by atoms with Gasteiger partial charge in [0.25, 0.3) is 0 Å². The zero-order valence-corrected chi connectivity index (χ0v) is 6.62. The second-order valence-electron chi connectivity index (χ2n) is 0.507. The van der Waals surface area contributed by atoms with Crippen molar-refractivity contribution in [3.63, 3.8) is 0 Å². The average molecular weight is 112 g/mol. The standard InChI is InChI=1S/C3H2FO.K/c1-3(4)2-5;/h1H2;/q-1;+1. The molecule has 28 valence electrons. The van der Waals surface area contributed by atoms with Gasteiger partial charge in [-0.05, 0) is 5.83 Å². The van der Waals surface area contributed by atoms with Gasteiger partial charge in [0.2, 0.25) is 0 Å². The third-order valence-electron chi connectivity index (χ3n) is 0.111. The summed E-state index contributed by atoms with van der Waals surface area (Å²) in [4.78, 5) is 8.91. The number of rotatable bonds is 1. The molecule has 0 spiro atoms. The molecule has 0 N–H and O–H groups in total. The monoisotopic (exact) mass is 112 g/mol. The van der Waals surface area contributed by atoms with E-state index in [1.807, 2.05) is 0 Å². The number of carbonyl (C=O) groups excluding carboxylic acids is 1. The Labute approximate surface area is 78.0 Å². The van der Waals surface area contributed by atoms with Crippen LogP contribution in [0.5, 0.6) is 0 Å². The number of hydrogen-bond acceptors (Lipinski definition) is 1. The second-order valence-corrected chi connectivity index (χ2v) is 0.507. The molecule has 0 unspecified atom stereocenters. The number of halogens is 1. The van der Waals surface area contributed by atoms with E-state index >= 15 is 0 Å². The van der Waals surface area contributed by atoms with Crippen LogP contribution in [0.15, 0.2) is 12.4 Å². The summed E-state index contributed by atoms with van der Waals surface area (Å²) >= 11 is 0. The zero-order valence-electron chi connectivity index (χ0n) is 3.49. The van der Waals surface area contributed by atoms with Crippen LogP contribution in [0.25, 0.3) is 0 Å². The van der Waals surface area contributed by atoms with E-state index in [0.29, 0.717) is 0 Å². The van der Waals surface area contributed by atoms with E-state index in [9.17, 15) is 4.39 Å². The van der Waals surface area contributed by atoms with Crippen LogP contribution in [0.4, 0.5) is 4.39 Å². The van der Waals surface area contributed by atoms with E-state index < -0.39 is 5.83 Å². The van der Waals surface area contributed by atoms with Gasteiger partial charge in [-0.15, -0.1) is 0 Å². The van der Waals surface area contributed by atoms with Gasteiger partial charge in [0.05, 0.1) is 0 Å². The molecule has 3 heteroatoms. The topological polar surface area (TPSA) is 17.1 Å². The average Bonchev–Trinajstić information content (AvgIpc) is 1.38. The van der Waals surface area contributed by atoms with E-state index in [2.05, 4.69) is 6.58 Å². The smallest absolute Gasteiger partial charge is 0.416 e. The Balaban J connectivity index is 0. The first-order valence-corrected chi connectivity index (χ1v) is 0.997. The van der Waals surface area contributed by atoms with Crippen molar-refractivity contribution >= 4 is 6.29 Å². The maximum absolute atomic E-state index is 10.8. The Bertz CT molecular complexity index is 61.8. The normalized spacial score (nSPS) is 5.50. The van der Waals surface area contributed by atoms with Gasteiger partial charge in [0.15, 0.2) is 0 Å². The molecule has 0 radical (unpaired) electrons. The Morgan fingerprint density at radius 2 is 2.00 bits per heavy atom. The molecule has 0 saturated heterocycles. The summed E-state index contributed by atoms with van der Waals surface area (Å²) in [6.07, 6.45) is 0.917. The summed E-state index contributed by atoms with van der Waals surface area (Å²) in [5.74, 6) is -1.05. The van der Waals surface area contributed by atoms with Crippen molar-refractivity contribution in [1.29, 1.82) is 0 Å². The first-order chi connectivity index (χ1) is 2.27. The first-order valence-electron chi connectivity index (χ1n) is 0.997. The summed E-state index contributed by atoms with van der Waals surface area (Å²) in [5.41, 5.74) is 0. The fourth-order valence-corrected chi connectivity index (χ4v) is 0. The van der Waals surface area contributed by atoms with Crippen molar-refractivity contribution in [3.05, 3.63) is 12.4 Å². The SMILES string of the molecule is C=C(F)[C-]=O.[K+]. The summed E-state index contributed by atoms with van der Waals surface area (Å²) < 4.78 is 10.8. The second kappa shape index (κ2) is 5.98. The molecule has 0 aromatic heterocycles. The van der Waals surface area contributed by atoms with Crippen molar-refractivity contribution < 1.29 is 60.6 Å². The molecule has 0 heterocycles. The van der Waals surface area contributed by atoms with Crippen molar-refractivity contribution in [1.82, 2.24) is 0 Å². The number of hydrogen-bond donors (Lipinski definition) is 0. The molecule has 0 aliphatic rings. The van der Waals surface area contributed by atoms with Crippen LogP contribution in [0.1, 0.15) is 0 Å².